The van der Waals surface area contributed by atoms with Crippen molar-refractivity contribution in [3.63, 3.8) is 0 Å². The number of aromatic nitrogens is 2. The summed E-state index contributed by atoms with van der Waals surface area (Å²) in [6.45, 7) is 11.5. The average molecular weight is 314 g/mol. The highest BCUT2D eigenvalue weighted by Gasteiger charge is 2.25. The smallest absolute Gasteiger partial charge is 0.0534 e. The van der Waals surface area contributed by atoms with Gasteiger partial charge in [-0.05, 0) is 19.4 Å². The van der Waals surface area contributed by atoms with Gasteiger partial charge >= 0.3 is 0 Å². The lowest BCUT2D eigenvalue weighted by molar-refractivity contribution is 0.0981. The summed E-state index contributed by atoms with van der Waals surface area (Å²) < 4.78 is 2.07. The first kappa shape index (κ1) is 16.7. The number of halogens is 1. The molecule has 5 nitrogen and oxygen atoms in total. The van der Waals surface area contributed by atoms with E-state index < -0.39 is 0 Å². The Bertz CT molecular complexity index is 408. The summed E-state index contributed by atoms with van der Waals surface area (Å²) in [6, 6.07) is 0.782. The van der Waals surface area contributed by atoms with Gasteiger partial charge in [-0.15, -0.1) is 12.4 Å². The van der Waals surface area contributed by atoms with E-state index in [-0.39, 0.29) is 12.4 Å². The normalized spacial score (nSPS) is 24.1. The first-order valence-corrected chi connectivity index (χ1v) is 8.03. The highest BCUT2D eigenvalue weighted by Crippen LogP contribution is 2.13. The number of aryl methyl sites for hydroxylation is 1. The maximum atomic E-state index is 4.42. The first-order chi connectivity index (χ1) is 9.85. The van der Waals surface area contributed by atoms with E-state index in [1.54, 1.807) is 0 Å². The van der Waals surface area contributed by atoms with Crippen molar-refractivity contribution in [1.82, 2.24) is 24.9 Å². The first-order valence-electron chi connectivity index (χ1n) is 8.03. The van der Waals surface area contributed by atoms with Crippen molar-refractivity contribution >= 4 is 12.4 Å². The van der Waals surface area contributed by atoms with E-state index in [0.717, 1.165) is 25.6 Å². The van der Waals surface area contributed by atoms with Crippen molar-refractivity contribution in [3.05, 3.63) is 18.0 Å². The number of nitrogens with one attached hydrogen (secondary N) is 1. The molecule has 3 rings (SSSR count). The molecule has 120 valence electrons. The fraction of sp³-hybridized carbons (Fsp3) is 0.800. The number of nitrogens with zero attached hydrogens (tertiary/aromatic N) is 4. The maximum absolute atomic E-state index is 4.42. The molecule has 0 aromatic carbocycles. The van der Waals surface area contributed by atoms with Crippen molar-refractivity contribution < 1.29 is 0 Å². The monoisotopic (exact) mass is 313 g/mol. The van der Waals surface area contributed by atoms with Gasteiger partial charge in [0.1, 0.15) is 0 Å². The third-order valence-electron chi connectivity index (χ3n) is 4.50. The van der Waals surface area contributed by atoms with Crippen LogP contribution in [0.25, 0.3) is 0 Å². The van der Waals surface area contributed by atoms with Crippen LogP contribution in [0.2, 0.25) is 0 Å². The zero-order valence-electron chi connectivity index (χ0n) is 13.0. The highest BCUT2D eigenvalue weighted by atomic mass is 35.5. The molecule has 2 aliphatic heterocycles. The lowest BCUT2D eigenvalue weighted by atomic mass is 10.2. The molecule has 0 aliphatic carbocycles. The molecule has 0 amide bonds. The van der Waals surface area contributed by atoms with E-state index in [4.69, 9.17) is 0 Å². The number of hydrogen-bond acceptors (Lipinski definition) is 4. The van der Waals surface area contributed by atoms with Gasteiger partial charge in [0.25, 0.3) is 0 Å². The van der Waals surface area contributed by atoms with Crippen LogP contribution in [0.4, 0.5) is 0 Å². The predicted molar refractivity (Wildman–Crippen MR) is 87.9 cm³/mol. The van der Waals surface area contributed by atoms with Crippen molar-refractivity contribution in [2.24, 2.45) is 0 Å². The Morgan fingerprint density at radius 3 is 2.76 bits per heavy atom. The standard InChI is InChI=1S/C15H27N5.ClH/c1-2-5-20-13-14(10-17-20)12-18-6-8-19(9-7-18)15-3-4-16-11-15;/h10,13,15-16H,2-9,11-12H2,1H3;1H. The summed E-state index contributed by atoms with van der Waals surface area (Å²) in [5.41, 5.74) is 1.36. The molecule has 2 aliphatic rings. The minimum Gasteiger partial charge on any atom is -0.315 e. The van der Waals surface area contributed by atoms with Crippen LogP contribution in [0.5, 0.6) is 0 Å². The van der Waals surface area contributed by atoms with E-state index in [0.29, 0.717) is 0 Å². The lowest BCUT2D eigenvalue weighted by Gasteiger charge is -2.37. The molecule has 21 heavy (non-hydrogen) atoms. The molecule has 1 N–H and O–H groups in total. The van der Waals surface area contributed by atoms with Gasteiger partial charge in [0, 0.05) is 63.6 Å². The van der Waals surface area contributed by atoms with Crippen molar-refractivity contribution in [3.8, 4) is 0 Å². The fourth-order valence-corrected chi connectivity index (χ4v) is 3.34. The number of hydrogen-bond donors (Lipinski definition) is 1. The van der Waals surface area contributed by atoms with Crippen LogP contribution >= 0.6 is 12.4 Å². The summed E-state index contributed by atoms with van der Waals surface area (Å²) in [7, 11) is 0. The van der Waals surface area contributed by atoms with Crippen LogP contribution < -0.4 is 5.32 Å². The van der Waals surface area contributed by atoms with Crippen LogP contribution in [-0.4, -0.2) is 64.9 Å². The van der Waals surface area contributed by atoms with Crippen molar-refractivity contribution in [2.45, 2.75) is 38.9 Å². The molecule has 0 bridgehead atoms. The summed E-state index contributed by atoms with van der Waals surface area (Å²) in [4.78, 5) is 5.23. The Labute approximate surface area is 134 Å². The van der Waals surface area contributed by atoms with E-state index in [9.17, 15) is 0 Å². The summed E-state index contributed by atoms with van der Waals surface area (Å²) in [6.07, 6.45) is 6.71. The SMILES string of the molecule is CCCn1cc(CN2CCN(C3CCNC3)CC2)cn1.Cl. The molecule has 3 heterocycles. The van der Waals surface area contributed by atoms with Crippen molar-refractivity contribution in [1.29, 1.82) is 0 Å². The van der Waals surface area contributed by atoms with E-state index in [1.807, 2.05) is 6.20 Å². The summed E-state index contributed by atoms with van der Waals surface area (Å²) >= 11 is 0. The van der Waals surface area contributed by atoms with Crippen LogP contribution in [0.15, 0.2) is 12.4 Å². The second-order valence-electron chi connectivity index (χ2n) is 6.07. The molecule has 1 aromatic rings. The zero-order chi connectivity index (χ0) is 13.8. The summed E-state index contributed by atoms with van der Waals surface area (Å²) in [5.74, 6) is 0. The van der Waals surface area contributed by atoms with Gasteiger partial charge < -0.3 is 5.32 Å². The largest absolute Gasteiger partial charge is 0.315 e. The molecule has 2 fully saturated rings. The second-order valence-corrected chi connectivity index (χ2v) is 6.07. The third-order valence-corrected chi connectivity index (χ3v) is 4.50. The minimum atomic E-state index is 0. The molecule has 2 saturated heterocycles. The molecular formula is C15H28ClN5. The summed E-state index contributed by atoms with van der Waals surface area (Å²) in [5, 5.41) is 7.89. The average Bonchev–Trinajstić information content (AvgIpc) is 3.12. The van der Waals surface area contributed by atoms with Gasteiger partial charge in [0.2, 0.25) is 0 Å². The Morgan fingerprint density at radius 2 is 2.10 bits per heavy atom. The zero-order valence-corrected chi connectivity index (χ0v) is 13.8. The van der Waals surface area contributed by atoms with Gasteiger partial charge in [-0.25, -0.2) is 0 Å². The van der Waals surface area contributed by atoms with Gasteiger partial charge in [0.05, 0.1) is 6.20 Å². The van der Waals surface area contributed by atoms with Crippen LogP contribution in [0.1, 0.15) is 25.3 Å². The Kier molecular flexibility index (Phi) is 6.48. The van der Waals surface area contributed by atoms with Crippen LogP contribution in [0.3, 0.4) is 0 Å². The molecule has 0 saturated carbocycles. The Morgan fingerprint density at radius 1 is 1.29 bits per heavy atom. The van der Waals surface area contributed by atoms with Crippen LogP contribution in [0, 0.1) is 0 Å². The van der Waals surface area contributed by atoms with Gasteiger partial charge in [0.15, 0.2) is 0 Å². The highest BCUT2D eigenvalue weighted by molar-refractivity contribution is 5.85. The molecule has 1 aromatic heterocycles. The molecule has 1 unspecified atom stereocenters. The number of rotatable bonds is 5. The molecule has 6 heteroatoms. The fourth-order valence-electron chi connectivity index (χ4n) is 3.34. The lowest BCUT2D eigenvalue weighted by Crippen LogP contribution is -2.50. The van der Waals surface area contributed by atoms with Gasteiger partial charge in [-0.1, -0.05) is 6.92 Å². The van der Waals surface area contributed by atoms with Gasteiger partial charge in [-0.2, -0.15) is 5.10 Å². The Hall–Kier alpha value is -0.620. The topological polar surface area (TPSA) is 36.3 Å². The van der Waals surface area contributed by atoms with E-state index in [1.165, 1.54) is 51.3 Å². The maximum Gasteiger partial charge on any atom is 0.0534 e. The second kappa shape index (κ2) is 8.13. The molecule has 0 radical (unpaired) electrons. The quantitative estimate of drug-likeness (QED) is 0.886. The minimum absolute atomic E-state index is 0. The van der Waals surface area contributed by atoms with Gasteiger partial charge in [-0.3, -0.25) is 14.5 Å². The van der Waals surface area contributed by atoms with Crippen molar-refractivity contribution in [2.75, 3.05) is 39.3 Å². The van der Waals surface area contributed by atoms with E-state index >= 15 is 0 Å². The number of piperazine rings is 1. The third kappa shape index (κ3) is 4.42. The van der Waals surface area contributed by atoms with Crippen LogP contribution in [-0.2, 0) is 13.1 Å². The molecular weight excluding hydrogens is 286 g/mol. The predicted octanol–water partition coefficient (Wildman–Crippen LogP) is 1.19. The van der Waals surface area contributed by atoms with E-state index in [2.05, 4.69) is 38.0 Å². The molecule has 1 atom stereocenters. The molecule has 0 spiro atoms. The Balaban J connectivity index is 0.00000161.